The van der Waals surface area contributed by atoms with Crippen molar-refractivity contribution in [2.45, 2.75) is 69.4 Å². The van der Waals surface area contributed by atoms with Gasteiger partial charge in [0.2, 0.25) is 0 Å². The number of hydrogen-bond donors (Lipinski definition) is 0. The van der Waals surface area contributed by atoms with E-state index in [4.69, 9.17) is 0 Å². The maximum absolute atomic E-state index is 13.5. The van der Waals surface area contributed by atoms with Gasteiger partial charge in [-0.3, -0.25) is 0 Å². The van der Waals surface area contributed by atoms with Gasteiger partial charge in [0, 0.05) is 6.42 Å². The number of halogens is 13. The van der Waals surface area contributed by atoms with Crippen LogP contribution in [0, 0.1) is 18.3 Å². The molecule has 1 unspecified atom stereocenters. The van der Waals surface area contributed by atoms with Gasteiger partial charge in [-0.1, -0.05) is 20.8 Å². The monoisotopic (exact) mass is 431 g/mol. The Morgan fingerprint density at radius 1 is 0.593 bits per heavy atom. The molecular weight excluding hydrogens is 415 g/mol. The van der Waals surface area contributed by atoms with Crippen LogP contribution < -0.4 is 0 Å². The fourth-order valence-corrected chi connectivity index (χ4v) is 2.12. The molecule has 0 aromatic rings. The molecular formula is C14H16F13. The Bertz CT molecular complexity index is 490. The highest BCUT2D eigenvalue weighted by molar-refractivity contribution is 5.10. The fraction of sp³-hybridized carbons (Fsp3) is 0.929. The molecule has 1 atom stereocenters. The van der Waals surface area contributed by atoms with Crippen molar-refractivity contribution in [2.24, 2.45) is 11.8 Å². The van der Waals surface area contributed by atoms with Crippen LogP contribution in [0.3, 0.4) is 0 Å². The van der Waals surface area contributed by atoms with Gasteiger partial charge in [-0.15, -0.1) is 0 Å². The summed E-state index contributed by atoms with van der Waals surface area (Å²) in [6.07, 6.45) is -9.13. The smallest absolute Gasteiger partial charge is 0.200 e. The first kappa shape index (κ1) is 26.1. The molecule has 0 spiro atoms. The molecule has 0 saturated carbocycles. The van der Waals surface area contributed by atoms with E-state index in [2.05, 4.69) is 0 Å². The van der Waals surface area contributed by atoms with Gasteiger partial charge in [0.25, 0.3) is 0 Å². The van der Waals surface area contributed by atoms with Gasteiger partial charge in [-0.2, -0.15) is 57.1 Å². The zero-order chi connectivity index (χ0) is 22.3. The topological polar surface area (TPSA) is 0 Å². The van der Waals surface area contributed by atoms with Gasteiger partial charge in [0.15, 0.2) is 0 Å². The lowest BCUT2D eigenvalue weighted by Gasteiger charge is -2.40. The van der Waals surface area contributed by atoms with Crippen molar-refractivity contribution < 1.29 is 57.1 Å². The summed E-state index contributed by atoms with van der Waals surface area (Å²) < 4.78 is 167. The Hall–Kier alpha value is -0.910. The molecule has 0 aromatic carbocycles. The Morgan fingerprint density at radius 3 is 1.30 bits per heavy atom. The van der Waals surface area contributed by atoms with Gasteiger partial charge < -0.3 is 0 Å². The fourth-order valence-electron chi connectivity index (χ4n) is 2.12. The molecule has 27 heavy (non-hydrogen) atoms. The second-order valence-electron chi connectivity index (χ2n) is 6.55. The normalized spacial score (nSPS) is 16.8. The van der Waals surface area contributed by atoms with Gasteiger partial charge in [-0.05, 0) is 24.7 Å². The number of alkyl halides is 13. The molecule has 0 aliphatic heterocycles. The Morgan fingerprint density at radius 2 is 0.963 bits per heavy atom. The summed E-state index contributed by atoms with van der Waals surface area (Å²) in [7, 11) is 0. The maximum atomic E-state index is 13.5. The minimum Gasteiger partial charge on any atom is -0.200 e. The zero-order valence-electron chi connectivity index (χ0n) is 14.1. The van der Waals surface area contributed by atoms with E-state index >= 15 is 0 Å². The number of rotatable bonds is 9. The van der Waals surface area contributed by atoms with Crippen LogP contribution in [0.2, 0.25) is 0 Å². The van der Waals surface area contributed by atoms with Gasteiger partial charge >= 0.3 is 35.8 Å². The zero-order valence-corrected chi connectivity index (χ0v) is 14.1. The Balaban J connectivity index is 5.81. The SMILES string of the molecule is CC(C)CC(C)[CH]CC(F)(F)C(F)(F)C(F)(F)C(F)(F)C(F)(F)C(F)(F)F. The first-order valence-corrected chi connectivity index (χ1v) is 7.35. The highest BCUT2D eigenvalue weighted by Crippen LogP contribution is 2.60. The highest BCUT2D eigenvalue weighted by atomic mass is 19.4. The molecule has 0 bridgehead atoms. The van der Waals surface area contributed by atoms with Crippen molar-refractivity contribution in [3.63, 3.8) is 0 Å². The van der Waals surface area contributed by atoms with Crippen LogP contribution >= 0.6 is 0 Å². The van der Waals surface area contributed by atoms with E-state index in [-0.39, 0.29) is 12.3 Å². The van der Waals surface area contributed by atoms with Gasteiger partial charge in [0.05, 0.1) is 0 Å². The Kier molecular flexibility index (Phi) is 7.24. The van der Waals surface area contributed by atoms with E-state index in [1.165, 1.54) is 6.92 Å². The molecule has 0 nitrogen and oxygen atoms in total. The summed E-state index contributed by atoms with van der Waals surface area (Å²) in [6, 6.07) is 0. The van der Waals surface area contributed by atoms with E-state index in [0.29, 0.717) is 6.42 Å². The lowest BCUT2D eigenvalue weighted by atomic mass is 9.88. The molecule has 0 rings (SSSR count). The quantitative estimate of drug-likeness (QED) is 0.345. The molecule has 1 radical (unpaired) electrons. The van der Waals surface area contributed by atoms with Crippen molar-refractivity contribution in [2.75, 3.05) is 0 Å². The summed E-state index contributed by atoms with van der Waals surface area (Å²) in [4.78, 5) is 0. The molecule has 13 heteroatoms. The van der Waals surface area contributed by atoms with E-state index in [9.17, 15) is 57.1 Å². The van der Waals surface area contributed by atoms with Gasteiger partial charge in [-0.25, -0.2) is 0 Å². The first-order valence-electron chi connectivity index (χ1n) is 7.35. The summed E-state index contributed by atoms with van der Waals surface area (Å²) in [5.41, 5.74) is 0. The lowest BCUT2D eigenvalue weighted by molar-refractivity contribution is -0.439. The van der Waals surface area contributed by atoms with Crippen LogP contribution in [-0.2, 0) is 0 Å². The second-order valence-corrected chi connectivity index (χ2v) is 6.55. The average molecular weight is 431 g/mol. The molecule has 0 fully saturated rings. The van der Waals surface area contributed by atoms with E-state index < -0.39 is 48.1 Å². The predicted molar refractivity (Wildman–Crippen MR) is 68.3 cm³/mol. The van der Waals surface area contributed by atoms with Crippen LogP contribution in [-0.4, -0.2) is 35.8 Å². The first-order chi connectivity index (χ1) is 11.6. The van der Waals surface area contributed by atoms with E-state index in [1.807, 2.05) is 0 Å². The van der Waals surface area contributed by atoms with Crippen molar-refractivity contribution in [3.8, 4) is 0 Å². The minimum absolute atomic E-state index is 0.111. The van der Waals surface area contributed by atoms with Crippen molar-refractivity contribution in [1.29, 1.82) is 0 Å². The standard InChI is InChI=1S/C14H16F13/c1-7(2)6-8(3)4-5-9(15,16)10(17,18)11(19,20)12(21,22)13(23,24)14(25,26)27/h4,7-8H,5-6H2,1-3H3. The molecule has 0 aromatic heterocycles. The van der Waals surface area contributed by atoms with E-state index in [0.717, 1.165) is 0 Å². The summed E-state index contributed by atoms with van der Waals surface area (Å²) >= 11 is 0. The molecule has 0 heterocycles. The largest absolute Gasteiger partial charge is 0.460 e. The van der Waals surface area contributed by atoms with E-state index in [1.54, 1.807) is 13.8 Å². The minimum atomic E-state index is -7.84. The molecule has 0 saturated heterocycles. The summed E-state index contributed by atoms with van der Waals surface area (Å²) in [5, 5.41) is 0. The van der Waals surface area contributed by atoms with Crippen LogP contribution in [0.4, 0.5) is 57.1 Å². The van der Waals surface area contributed by atoms with Crippen molar-refractivity contribution in [1.82, 2.24) is 0 Å². The van der Waals surface area contributed by atoms with Crippen molar-refractivity contribution >= 4 is 0 Å². The third-order valence-corrected chi connectivity index (χ3v) is 3.62. The lowest BCUT2D eigenvalue weighted by Crippen LogP contribution is -2.70. The van der Waals surface area contributed by atoms with Crippen LogP contribution in [0.1, 0.15) is 33.6 Å². The molecule has 0 amide bonds. The second kappa shape index (κ2) is 7.49. The van der Waals surface area contributed by atoms with Crippen LogP contribution in [0.25, 0.3) is 0 Å². The highest BCUT2D eigenvalue weighted by Gasteiger charge is 2.90. The van der Waals surface area contributed by atoms with Crippen molar-refractivity contribution in [3.05, 3.63) is 6.42 Å². The predicted octanol–water partition coefficient (Wildman–Crippen LogP) is 7.00. The van der Waals surface area contributed by atoms with Crippen LogP contribution in [0.15, 0.2) is 0 Å². The molecule has 163 valence electrons. The maximum Gasteiger partial charge on any atom is 0.460 e. The number of hydrogen-bond acceptors (Lipinski definition) is 0. The van der Waals surface area contributed by atoms with Gasteiger partial charge in [0.1, 0.15) is 0 Å². The average Bonchev–Trinajstić information content (AvgIpc) is 2.42. The third-order valence-electron chi connectivity index (χ3n) is 3.62. The molecule has 0 aliphatic carbocycles. The summed E-state index contributed by atoms with van der Waals surface area (Å²) in [5.74, 6) is -37.5. The third kappa shape index (κ3) is 4.57. The molecule has 0 aliphatic rings. The van der Waals surface area contributed by atoms with Crippen LogP contribution in [0.5, 0.6) is 0 Å². The molecule has 0 N–H and O–H groups in total. The summed E-state index contributed by atoms with van der Waals surface area (Å²) in [6.45, 7) is 4.38. The Labute approximate surface area is 146 Å².